The van der Waals surface area contributed by atoms with Gasteiger partial charge in [-0.1, -0.05) is 31.5 Å². The lowest BCUT2D eigenvalue weighted by molar-refractivity contribution is -0.117. The van der Waals surface area contributed by atoms with Crippen LogP contribution in [0.25, 0.3) is 16.5 Å². The van der Waals surface area contributed by atoms with Gasteiger partial charge < -0.3 is 10.1 Å². The number of carbonyl (C=O) groups is 2. The van der Waals surface area contributed by atoms with Gasteiger partial charge in [-0.3, -0.25) is 14.6 Å². The molecule has 0 fully saturated rings. The fraction of sp³-hybridized carbons (Fsp3) is 0.269. The van der Waals surface area contributed by atoms with Crippen molar-refractivity contribution in [2.45, 2.75) is 40.2 Å². The number of carbonyl (C=O) groups excluding carboxylic acids is 2. The van der Waals surface area contributed by atoms with Gasteiger partial charge in [-0.05, 0) is 74.4 Å². The minimum absolute atomic E-state index is 0.0429. The normalized spacial score (nSPS) is 11.0. The summed E-state index contributed by atoms with van der Waals surface area (Å²) in [5.74, 6) is 0.348. The highest BCUT2D eigenvalue weighted by Gasteiger charge is 2.22. The monoisotopic (exact) mass is 484 g/mol. The van der Waals surface area contributed by atoms with E-state index in [9.17, 15) is 9.59 Å². The summed E-state index contributed by atoms with van der Waals surface area (Å²) in [5.41, 5.74) is 1.09. The van der Waals surface area contributed by atoms with E-state index in [0.717, 1.165) is 16.0 Å². The number of hydrogen-bond acceptors (Lipinski definition) is 5. The number of amides is 1. The highest BCUT2D eigenvalue weighted by atomic mass is 35.5. The van der Waals surface area contributed by atoms with Crippen LogP contribution in [-0.4, -0.2) is 28.8 Å². The number of pyridine rings is 1. The van der Waals surface area contributed by atoms with Gasteiger partial charge in [-0.2, -0.15) is 0 Å². The second-order valence-corrected chi connectivity index (χ2v) is 9.06. The number of Topliss-reactive ketones (excluding diaryl/α,β-unsaturated/α-hetero) is 1. The Bertz CT molecular complexity index is 1110. The first-order valence-electron chi connectivity index (χ1n) is 10.7. The minimum Gasteiger partial charge on any atom is -0.484 e. The van der Waals surface area contributed by atoms with E-state index in [1.165, 1.54) is 17.4 Å². The molecule has 3 rings (SSSR count). The lowest BCUT2D eigenvalue weighted by atomic mass is 10.1. The van der Waals surface area contributed by atoms with Gasteiger partial charge in [0.05, 0.1) is 16.4 Å². The van der Waals surface area contributed by atoms with E-state index >= 15 is 0 Å². The van der Waals surface area contributed by atoms with E-state index in [1.807, 2.05) is 64.1 Å². The number of nitrogens with zero attached hydrogens (tertiary/aromatic N) is 1. The Morgan fingerprint density at radius 2 is 1.94 bits per heavy atom. The zero-order valence-electron chi connectivity index (χ0n) is 19.5. The maximum atomic E-state index is 12.1. The van der Waals surface area contributed by atoms with Crippen molar-refractivity contribution in [2.24, 2.45) is 0 Å². The summed E-state index contributed by atoms with van der Waals surface area (Å²) in [7, 11) is 0. The fourth-order valence-electron chi connectivity index (χ4n) is 2.76. The predicted molar refractivity (Wildman–Crippen MR) is 137 cm³/mol. The van der Waals surface area contributed by atoms with Gasteiger partial charge in [-0.25, -0.2) is 0 Å². The molecule has 2 aromatic heterocycles. The lowest BCUT2D eigenvalue weighted by Gasteiger charge is -2.27. The predicted octanol–water partition coefficient (Wildman–Crippen LogP) is 6.68. The average molecular weight is 485 g/mol. The van der Waals surface area contributed by atoms with Crippen molar-refractivity contribution in [3.05, 3.63) is 76.4 Å². The number of thiophene rings is 1. The zero-order valence-corrected chi connectivity index (χ0v) is 21.1. The maximum Gasteiger partial charge on any atom is 0.244 e. The number of ketones is 1. The third kappa shape index (κ3) is 8.15. The van der Waals surface area contributed by atoms with Crippen LogP contribution in [0.2, 0.25) is 5.02 Å². The molecule has 1 aromatic carbocycles. The van der Waals surface area contributed by atoms with Crippen molar-refractivity contribution in [1.29, 1.82) is 0 Å². The van der Waals surface area contributed by atoms with Crippen LogP contribution in [0.15, 0.2) is 60.9 Å². The summed E-state index contributed by atoms with van der Waals surface area (Å²) in [6, 6.07) is 12.9. The number of halogens is 1. The number of hydrogen-bond donors (Lipinski definition) is 1. The first kappa shape index (κ1) is 26.3. The number of aromatic nitrogens is 1. The molecule has 0 bridgehead atoms. The summed E-state index contributed by atoms with van der Waals surface area (Å²) in [6.45, 7) is 9.60. The van der Waals surface area contributed by atoms with E-state index in [0.29, 0.717) is 22.2 Å². The van der Waals surface area contributed by atoms with Crippen LogP contribution >= 0.6 is 22.9 Å². The Morgan fingerprint density at radius 1 is 1.18 bits per heavy atom. The molecule has 0 aliphatic rings. The van der Waals surface area contributed by atoms with Gasteiger partial charge in [0.2, 0.25) is 5.91 Å². The van der Waals surface area contributed by atoms with E-state index in [2.05, 4.69) is 10.3 Å². The zero-order chi connectivity index (χ0) is 24.4. The molecule has 33 heavy (non-hydrogen) atoms. The lowest BCUT2D eigenvalue weighted by Crippen LogP contribution is -2.42. The molecule has 1 N–H and O–H groups in total. The molecule has 1 amide bonds. The Morgan fingerprint density at radius 3 is 2.55 bits per heavy atom. The molecule has 174 valence electrons. The number of nitrogens with one attached hydrogen (secondary N) is 1. The summed E-state index contributed by atoms with van der Waals surface area (Å²) < 4.78 is 6.05. The van der Waals surface area contributed by atoms with Crippen molar-refractivity contribution in [3.8, 4) is 16.2 Å². The van der Waals surface area contributed by atoms with Crippen molar-refractivity contribution >= 4 is 40.7 Å². The van der Waals surface area contributed by atoms with Crippen molar-refractivity contribution in [2.75, 3.05) is 6.54 Å². The molecule has 0 spiro atoms. The fourth-order valence-corrected chi connectivity index (χ4v) is 3.87. The smallest absolute Gasteiger partial charge is 0.244 e. The Labute approximate surface area is 204 Å². The summed E-state index contributed by atoms with van der Waals surface area (Å²) >= 11 is 7.87. The van der Waals surface area contributed by atoms with Crippen LogP contribution in [0, 0.1) is 0 Å². The summed E-state index contributed by atoms with van der Waals surface area (Å²) in [6.07, 6.45) is 6.53. The van der Waals surface area contributed by atoms with Crippen LogP contribution in [0.4, 0.5) is 0 Å². The largest absolute Gasteiger partial charge is 0.484 e. The summed E-state index contributed by atoms with van der Waals surface area (Å²) in [4.78, 5) is 29.3. The Balaban J connectivity index is 0.00000187. The van der Waals surface area contributed by atoms with Crippen LogP contribution in [0.3, 0.4) is 0 Å². The van der Waals surface area contributed by atoms with Crippen molar-refractivity contribution in [3.63, 3.8) is 0 Å². The second-order valence-electron chi connectivity index (χ2n) is 7.56. The molecule has 3 aromatic rings. The van der Waals surface area contributed by atoms with Gasteiger partial charge >= 0.3 is 0 Å². The van der Waals surface area contributed by atoms with E-state index in [1.54, 1.807) is 31.5 Å². The number of rotatable bonds is 8. The minimum atomic E-state index is -0.673. The molecular weight excluding hydrogens is 456 g/mol. The van der Waals surface area contributed by atoms with Crippen LogP contribution in [0.1, 0.15) is 49.9 Å². The van der Waals surface area contributed by atoms with Gasteiger partial charge in [0.1, 0.15) is 11.4 Å². The molecule has 5 nitrogen and oxygen atoms in total. The van der Waals surface area contributed by atoms with Crippen LogP contribution in [-0.2, 0) is 4.79 Å². The molecule has 0 atom stereocenters. The van der Waals surface area contributed by atoms with Gasteiger partial charge in [0.25, 0.3) is 0 Å². The first-order valence-corrected chi connectivity index (χ1v) is 11.9. The number of ether oxygens (including phenoxy) is 1. The first-order chi connectivity index (χ1) is 15.7. The second kappa shape index (κ2) is 12.3. The Kier molecular flexibility index (Phi) is 9.82. The molecule has 0 aliphatic heterocycles. The van der Waals surface area contributed by atoms with Crippen LogP contribution in [0.5, 0.6) is 5.75 Å². The molecular formula is C26H29ClN2O3S. The van der Waals surface area contributed by atoms with Crippen molar-refractivity contribution < 1.29 is 14.3 Å². The molecule has 2 heterocycles. The molecule has 0 radical (unpaired) electrons. The highest BCUT2D eigenvalue weighted by molar-refractivity contribution is 7.17. The Hall–Kier alpha value is -2.96. The van der Waals surface area contributed by atoms with Gasteiger partial charge in [0.15, 0.2) is 5.78 Å². The van der Waals surface area contributed by atoms with E-state index < -0.39 is 5.60 Å². The van der Waals surface area contributed by atoms with Gasteiger partial charge in [0, 0.05) is 23.3 Å². The highest BCUT2D eigenvalue weighted by Crippen LogP contribution is 2.35. The number of benzene rings is 1. The average Bonchev–Trinajstić information content (AvgIpc) is 3.30. The standard InChI is InChI=1S/C24H23ClN2O3S.C2H6/c1-16(28)21-9-10-22(31-21)18-7-8-20(19(25)13-18)30-24(2,3)15-27-23(29)11-6-17-5-4-12-26-14-17;1-2/h4-14H,15H2,1-3H3,(H,27,29);1-2H3/b11-6+;. The summed E-state index contributed by atoms with van der Waals surface area (Å²) in [5, 5.41) is 3.30. The third-order valence-corrected chi connectivity index (χ3v) is 5.89. The van der Waals surface area contributed by atoms with Gasteiger partial charge in [-0.15, -0.1) is 11.3 Å². The van der Waals surface area contributed by atoms with E-state index in [4.69, 9.17) is 16.3 Å². The topological polar surface area (TPSA) is 68.3 Å². The van der Waals surface area contributed by atoms with Crippen LogP contribution < -0.4 is 10.1 Å². The van der Waals surface area contributed by atoms with E-state index in [-0.39, 0.29) is 11.7 Å². The molecule has 0 saturated carbocycles. The third-order valence-electron chi connectivity index (χ3n) is 4.36. The maximum absolute atomic E-state index is 12.1. The molecule has 7 heteroatoms. The molecule has 0 unspecified atom stereocenters. The molecule has 0 saturated heterocycles. The molecule has 0 aliphatic carbocycles. The van der Waals surface area contributed by atoms with Crippen molar-refractivity contribution in [1.82, 2.24) is 10.3 Å². The SMILES string of the molecule is CC.CC(=O)c1ccc(-c2ccc(OC(C)(C)CNC(=O)/C=C/c3cccnc3)c(Cl)c2)s1. The quantitative estimate of drug-likeness (QED) is 0.286.